The first kappa shape index (κ1) is 17.8. The fourth-order valence-electron chi connectivity index (χ4n) is 3.22. The number of aryl methyl sites for hydroxylation is 2. The number of amides is 1. The zero-order valence-corrected chi connectivity index (χ0v) is 15.9. The zero-order valence-electron chi connectivity index (χ0n) is 15.9. The molecule has 3 aromatic heterocycles. The zero-order chi connectivity index (χ0) is 19.8. The summed E-state index contributed by atoms with van der Waals surface area (Å²) in [6, 6.07) is 11.0. The van der Waals surface area contributed by atoms with E-state index < -0.39 is 0 Å². The van der Waals surface area contributed by atoms with Crippen molar-refractivity contribution in [1.82, 2.24) is 19.5 Å². The van der Waals surface area contributed by atoms with Crippen LogP contribution in [0.5, 0.6) is 5.75 Å². The molecule has 0 spiro atoms. The Morgan fingerprint density at radius 2 is 2.04 bits per heavy atom. The molecular formula is C20H20N4O4. The third-order valence-corrected chi connectivity index (χ3v) is 4.59. The minimum absolute atomic E-state index is 0.169. The lowest BCUT2D eigenvalue weighted by Crippen LogP contribution is -2.32. The summed E-state index contributed by atoms with van der Waals surface area (Å²) in [4.78, 5) is 25.2. The highest BCUT2D eigenvalue weighted by molar-refractivity contribution is 5.84. The predicted molar refractivity (Wildman–Crippen MR) is 104 cm³/mol. The van der Waals surface area contributed by atoms with Crippen molar-refractivity contribution in [1.29, 1.82) is 0 Å². The molecule has 144 valence electrons. The van der Waals surface area contributed by atoms with Crippen molar-refractivity contribution >= 4 is 22.5 Å². The largest absolute Gasteiger partial charge is 0.497 e. The summed E-state index contributed by atoms with van der Waals surface area (Å²) >= 11 is 0. The van der Waals surface area contributed by atoms with Gasteiger partial charge in [-0.1, -0.05) is 0 Å². The molecular weight excluding hydrogens is 360 g/mol. The molecule has 1 amide bonds. The average Bonchev–Trinajstić information content (AvgIpc) is 3.24. The number of aromatic nitrogens is 3. The van der Waals surface area contributed by atoms with Crippen LogP contribution in [0.4, 0.5) is 0 Å². The number of ether oxygens (including phenoxy) is 1. The molecule has 1 N–H and O–H groups in total. The van der Waals surface area contributed by atoms with E-state index in [0.717, 1.165) is 16.7 Å². The first-order valence-corrected chi connectivity index (χ1v) is 8.85. The van der Waals surface area contributed by atoms with Crippen molar-refractivity contribution in [3.05, 3.63) is 64.0 Å². The highest BCUT2D eigenvalue weighted by atomic mass is 16.5. The Balaban J connectivity index is 1.65. The molecule has 0 saturated carbocycles. The number of pyridine rings is 1. The number of benzene rings is 1. The van der Waals surface area contributed by atoms with Gasteiger partial charge in [-0.15, -0.1) is 5.10 Å². The number of carbonyl (C=O) groups is 1. The smallest absolute Gasteiger partial charge is 0.351 e. The number of nitrogens with zero attached hydrogens (tertiary/aromatic N) is 3. The van der Waals surface area contributed by atoms with E-state index in [4.69, 9.17) is 9.15 Å². The number of nitrogens with one attached hydrogen (secondary N) is 1. The molecule has 0 radical (unpaired) electrons. The monoisotopic (exact) mass is 380 g/mol. The molecule has 8 nitrogen and oxygen atoms in total. The lowest BCUT2D eigenvalue weighted by atomic mass is 10.1. The molecule has 3 heterocycles. The molecule has 1 aromatic carbocycles. The lowest BCUT2D eigenvalue weighted by molar-refractivity contribution is -0.122. The SMILES string of the molecule is COc1ccc2c(c1)cc(C)c1nn(CC(=O)NCc3ccc(C)o3)c(=O)n12. The summed E-state index contributed by atoms with van der Waals surface area (Å²) in [7, 11) is 1.60. The standard InChI is InChI=1S/C20H20N4O4/c1-12-8-14-9-15(27-3)6-7-17(14)24-19(12)22-23(20(24)26)11-18(25)21-10-16-5-4-13(2)28-16/h4-9H,10-11H2,1-3H3,(H,21,25). The van der Waals surface area contributed by atoms with Gasteiger partial charge in [-0.25, -0.2) is 13.9 Å². The normalized spacial score (nSPS) is 11.2. The highest BCUT2D eigenvalue weighted by Crippen LogP contribution is 2.23. The van der Waals surface area contributed by atoms with Crippen molar-refractivity contribution in [3.63, 3.8) is 0 Å². The summed E-state index contributed by atoms with van der Waals surface area (Å²) < 4.78 is 13.4. The lowest BCUT2D eigenvalue weighted by Gasteiger charge is -2.05. The van der Waals surface area contributed by atoms with Gasteiger partial charge in [-0.05, 0) is 55.8 Å². The Labute approximate surface area is 160 Å². The third kappa shape index (κ3) is 3.13. The second-order valence-corrected chi connectivity index (χ2v) is 6.64. The van der Waals surface area contributed by atoms with E-state index in [1.54, 1.807) is 19.2 Å². The fraction of sp³-hybridized carbons (Fsp3) is 0.250. The van der Waals surface area contributed by atoms with Crippen LogP contribution >= 0.6 is 0 Å². The van der Waals surface area contributed by atoms with E-state index >= 15 is 0 Å². The van der Waals surface area contributed by atoms with Gasteiger partial charge < -0.3 is 14.5 Å². The summed E-state index contributed by atoms with van der Waals surface area (Å²) in [5.41, 5.74) is 1.71. The summed E-state index contributed by atoms with van der Waals surface area (Å²) in [6.45, 7) is 3.81. The molecule has 0 unspecified atom stereocenters. The van der Waals surface area contributed by atoms with Crippen LogP contribution in [0.3, 0.4) is 0 Å². The summed E-state index contributed by atoms with van der Waals surface area (Å²) in [5.74, 6) is 1.83. The quantitative estimate of drug-likeness (QED) is 0.573. The Morgan fingerprint density at radius 3 is 2.75 bits per heavy atom. The first-order chi connectivity index (χ1) is 13.5. The van der Waals surface area contributed by atoms with Gasteiger partial charge in [-0.2, -0.15) is 0 Å². The van der Waals surface area contributed by atoms with E-state index in [9.17, 15) is 9.59 Å². The van der Waals surface area contributed by atoms with Crippen LogP contribution in [-0.2, 0) is 17.9 Å². The van der Waals surface area contributed by atoms with E-state index in [0.29, 0.717) is 22.7 Å². The van der Waals surface area contributed by atoms with Crippen LogP contribution in [0.1, 0.15) is 17.1 Å². The van der Waals surface area contributed by atoms with Crippen molar-refractivity contribution in [2.45, 2.75) is 26.9 Å². The molecule has 0 aliphatic carbocycles. The molecule has 8 heteroatoms. The number of carbonyl (C=O) groups excluding carboxylic acids is 1. The topological polar surface area (TPSA) is 90.8 Å². The van der Waals surface area contributed by atoms with Crippen molar-refractivity contribution in [3.8, 4) is 5.75 Å². The second-order valence-electron chi connectivity index (χ2n) is 6.64. The molecule has 0 aliphatic rings. The predicted octanol–water partition coefficient (Wildman–Crippen LogP) is 2.18. The van der Waals surface area contributed by atoms with Crippen LogP contribution in [0, 0.1) is 13.8 Å². The molecule has 4 rings (SSSR count). The van der Waals surface area contributed by atoms with Gasteiger partial charge in [0.25, 0.3) is 0 Å². The molecule has 0 atom stereocenters. The molecule has 0 bridgehead atoms. The maximum atomic E-state index is 12.9. The number of rotatable bonds is 5. The van der Waals surface area contributed by atoms with Crippen molar-refractivity contribution in [2.24, 2.45) is 0 Å². The number of hydrogen-bond acceptors (Lipinski definition) is 5. The van der Waals surface area contributed by atoms with Gasteiger partial charge >= 0.3 is 5.69 Å². The van der Waals surface area contributed by atoms with E-state index in [-0.39, 0.29) is 24.7 Å². The van der Waals surface area contributed by atoms with Gasteiger partial charge in [0.2, 0.25) is 5.91 Å². The van der Waals surface area contributed by atoms with Crippen LogP contribution < -0.4 is 15.7 Å². The van der Waals surface area contributed by atoms with Crippen LogP contribution in [0.2, 0.25) is 0 Å². The first-order valence-electron chi connectivity index (χ1n) is 8.85. The number of furan rings is 1. The Kier molecular flexibility index (Phi) is 4.38. The highest BCUT2D eigenvalue weighted by Gasteiger charge is 2.15. The maximum Gasteiger partial charge on any atom is 0.351 e. The Bertz CT molecular complexity index is 1250. The van der Waals surface area contributed by atoms with E-state index in [1.807, 2.05) is 38.1 Å². The Morgan fingerprint density at radius 1 is 1.21 bits per heavy atom. The summed E-state index contributed by atoms with van der Waals surface area (Å²) in [6.07, 6.45) is 0. The number of hydrogen-bond donors (Lipinski definition) is 1. The average molecular weight is 380 g/mol. The van der Waals surface area contributed by atoms with Crippen LogP contribution in [0.15, 0.2) is 45.6 Å². The third-order valence-electron chi connectivity index (χ3n) is 4.59. The minimum atomic E-state index is -0.363. The molecule has 4 aromatic rings. The molecule has 0 aliphatic heterocycles. The van der Waals surface area contributed by atoms with Gasteiger partial charge in [0.1, 0.15) is 23.8 Å². The van der Waals surface area contributed by atoms with Gasteiger partial charge in [0.15, 0.2) is 5.65 Å². The van der Waals surface area contributed by atoms with Gasteiger partial charge in [0, 0.05) is 5.39 Å². The van der Waals surface area contributed by atoms with E-state index in [2.05, 4.69) is 10.4 Å². The van der Waals surface area contributed by atoms with Gasteiger partial charge in [-0.3, -0.25) is 4.79 Å². The fourth-order valence-corrected chi connectivity index (χ4v) is 3.22. The van der Waals surface area contributed by atoms with Crippen molar-refractivity contribution in [2.75, 3.05) is 7.11 Å². The van der Waals surface area contributed by atoms with Gasteiger partial charge in [0.05, 0.1) is 19.2 Å². The molecule has 28 heavy (non-hydrogen) atoms. The van der Waals surface area contributed by atoms with Crippen molar-refractivity contribution < 1.29 is 13.9 Å². The second kappa shape index (κ2) is 6.88. The summed E-state index contributed by atoms with van der Waals surface area (Å²) in [5, 5.41) is 7.96. The molecule has 0 saturated heterocycles. The van der Waals surface area contributed by atoms with E-state index in [1.165, 1.54) is 9.08 Å². The van der Waals surface area contributed by atoms with Crippen LogP contribution in [0.25, 0.3) is 16.6 Å². The Hall–Kier alpha value is -3.55. The maximum absolute atomic E-state index is 12.9. The number of methoxy groups -OCH3 is 1. The minimum Gasteiger partial charge on any atom is -0.497 e. The molecule has 0 fully saturated rings. The number of fused-ring (bicyclic) bond motifs is 3. The van der Waals surface area contributed by atoms with Crippen LogP contribution in [-0.4, -0.2) is 27.2 Å².